The number of hydrogen-bond acceptors (Lipinski definition) is 3. The van der Waals surface area contributed by atoms with Gasteiger partial charge in [0.25, 0.3) is 0 Å². The largest absolute Gasteiger partial charge is 0.376 e. The van der Waals surface area contributed by atoms with E-state index in [0.29, 0.717) is 0 Å². The number of thiocyanates is 1. The molecule has 3 N–H and O–H groups in total. The van der Waals surface area contributed by atoms with Crippen molar-refractivity contribution in [2.24, 2.45) is 5.73 Å². The molecular formula is C9H9N3S2. The highest BCUT2D eigenvalue weighted by molar-refractivity contribution is 8.03. The van der Waals surface area contributed by atoms with Gasteiger partial charge in [0.1, 0.15) is 5.40 Å². The Balaban J connectivity index is 2.90. The number of thiocarbonyl (C=S) groups is 1. The number of nitrogens with zero attached hydrogens (tertiary/aromatic N) is 1. The maximum Gasteiger partial charge on any atom is 0.168 e. The molecule has 0 heterocycles. The van der Waals surface area contributed by atoms with Crippen LogP contribution >= 0.6 is 24.0 Å². The molecule has 0 atom stereocenters. The summed E-state index contributed by atoms with van der Waals surface area (Å²) in [5.74, 6) is 0. The Morgan fingerprint density at radius 3 is 2.86 bits per heavy atom. The topological polar surface area (TPSA) is 61.8 Å². The van der Waals surface area contributed by atoms with Gasteiger partial charge in [0, 0.05) is 10.6 Å². The zero-order valence-corrected chi connectivity index (χ0v) is 9.21. The van der Waals surface area contributed by atoms with E-state index in [1.807, 2.05) is 30.5 Å². The van der Waals surface area contributed by atoms with Crippen LogP contribution in [0.2, 0.25) is 0 Å². The van der Waals surface area contributed by atoms with E-state index in [1.165, 1.54) is 0 Å². The van der Waals surface area contributed by atoms with Gasteiger partial charge in [-0.3, -0.25) is 0 Å². The van der Waals surface area contributed by atoms with E-state index in [1.54, 1.807) is 0 Å². The van der Waals surface area contributed by atoms with E-state index in [4.69, 9.17) is 23.2 Å². The molecule has 0 amide bonds. The zero-order chi connectivity index (χ0) is 10.6. The molecule has 0 aromatic heterocycles. The Morgan fingerprint density at radius 2 is 2.36 bits per heavy atom. The molecule has 0 saturated heterocycles. The summed E-state index contributed by atoms with van der Waals surface area (Å²) in [5, 5.41) is 13.6. The number of nitrogens with one attached hydrogen (secondary N) is 1. The van der Waals surface area contributed by atoms with Gasteiger partial charge in [0.2, 0.25) is 0 Å². The second-order valence-electron chi connectivity index (χ2n) is 2.66. The Morgan fingerprint density at radius 1 is 1.64 bits per heavy atom. The monoisotopic (exact) mass is 223 g/mol. The van der Waals surface area contributed by atoms with E-state index >= 15 is 0 Å². The van der Waals surface area contributed by atoms with Crippen LogP contribution in [0, 0.1) is 17.6 Å². The summed E-state index contributed by atoms with van der Waals surface area (Å²) < 4.78 is 0. The summed E-state index contributed by atoms with van der Waals surface area (Å²) in [6, 6.07) is 5.62. The summed E-state index contributed by atoms with van der Waals surface area (Å²) in [6.45, 7) is 1.93. The number of aryl methyl sites for hydroxylation is 1. The lowest BCUT2D eigenvalue weighted by Crippen LogP contribution is -2.19. The van der Waals surface area contributed by atoms with Gasteiger partial charge in [0.05, 0.1) is 0 Å². The number of thioether (sulfide) groups is 1. The molecule has 3 nitrogen and oxygen atoms in total. The minimum absolute atomic E-state index is 0.244. The second kappa shape index (κ2) is 4.84. The molecule has 14 heavy (non-hydrogen) atoms. The highest BCUT2D eigenvalue weighted by atomic mass is 32.2. The summed E-state index contributed by atoms with van der Waals surface area (Å²) in [6.07, 6.45) is 0. The highest BCUT2D eigenvalue weighted by Crippen LogP contribution is 2.23. The van der Waals surface area contributed by atoms with Crippen LogP contribution in [0.25, 0.3) is 0 Å². The molecule has 0 aliphatic carbocycles. The molecular weight excluding hydrogens is 214 g/mol. The molecule has 0 fully saturated rings. The fourth-order valence-corrected chi connectivity index (χ4v) is 1.61. The van der Waals surface area contributed by atoms with Crippen LogP contribution in [-0.4, -0.2) is 5.11 Å². The molecule has 0 spiro atoms. The third kappa shape index (κ3) is 2.91. The lowest BCUT2D eigenvalue weighted by Gasteiger charge is -2.07. The van der Waals surface area contributed by atoms with Crippen LogP contribution < -0.4 is 11.1 Å². The molecule has 0 unspecified atom stereocenters. The predicted octanol–water partition coefficient (Wildman–Crippen LogP) is 2.22. The third-order valence-corrected chi connectivity index (χ3v) is 2.30. The van der Waals surface area contributed by atoms with E-state index < -0.39 is 0 Å². The Hall–Kier alpha value is -1.25. The van der Waals surface area contributed by atoms with Gasteiger partial charge in [0.15, 0.2) is 5.11 Å². The number of nitriles is 1. The number of anilines is 1. The quantitative estimate of drug-likeness (QED) is 0.457. The molecule has 1 aromatic rings. The second-order valence-corrected chi connectivity index (χ2v) is 3.96. The summed E-state index contributed by atoms with van der Waals surface area (Å²) in [5.41, 5.74) is 7.24. The average molecular weight is 223 g/mol. The van der Waals surface area contributed by atoms with Crippen molar-refractivity contribution in [3.63, 3.8) is 0 Å². The summed E-state index contributed by atoms with van der Waals surface area (Å²) in [4.78, 5) is 0.915. The van der Waals surface area contributed by atoms with Crippen molar-refractivity contribution in [1.82, 2.24) is 0 Å². The van der Waals surface area contributed by atoms with E-state index in [2.05, 4.69) is 5.32 Å². The Kier molecular flexibility index (Phi) is 3.74. The Labute approximate surface area is 92.3 Å². The van der Waals surface area contributed by atoms with Crippen LogP contribution in [0.1, 0.15) is 5.56 Å². The zero-order valence-electron chi connectivity index (χ0n) is 7.57. The molecule has 1 aromatic carbocycles. The van der Waals surface area contributed by atoms with Crippen LogP contribution in [0.3, 0.4) is 0 Å². The van der Waals surface area contributed by atoms with E-state index in [9.17, 15) is 0 Å². The van der Waals surface area contributed by atoms with Gasteiger partial charge in [-0.15, -0.1) is 0 Å². The van der Waals surface area contributed by atoms with Crippen molar-refractivity contribution in [3.8, 4) is 5.40 Å². The molecule has 5 heteroatoms. The Bertz CT molecular complexity index is 396. The van der Waals surface area contributed by atoms with Crippen molar-refractivity contribution in [3.05, 3.63) is 23.8 Å². The lowest BCUT2D eigenvalue weighted by atomic mass is 10.2. The first kappa shape index (κ1) is 10.8. The van der Waals surface area contributed by atoms with Gasteiger partial charge in [-0.2, -0.15) is 5.26 Å². The normalized spacial score (nSPS) is 9.14. The molecule has 1 rings (SSSR count). The van der Waals surface area contributed by atoms with Crippen LogP contribution in [0.15, 0.2) is 23.1 Å². The molecule has 72 valence electrons. The van der Waals surface area contributed by atoms with Crippen molar-refractivity contribution in [1.29, 1.82) is 5.26 Å². The predicted molar refractivity (Wildman–Crippen MR) is 63.1 cm³/mol. The van der Waals surface area contributed by atoms with E-state index in [-0.39, 0.29) is 5.11 Å². The number of hydrogen-bond donors (Lipinski definition) is 2. The first-order valence-corrected chi connectivity index (χ1v) is 5.09. The van der Waals surface area contributed by atoms with Crippen LogP contribution in [0.5, 0.6) is 0 Å². The molecule has 0 aliphatic rings. The molecule has 0 radical (unpaired) electrons. The van der Waals surface area contributed by atoms with Gasteiger partial charge in [-0.05, 0) is 54.7 Å². The van der Waals surface area contributed by atoms with Gasteiger partial charge in [-0.1, -0.05) is 0 Å². The van der Waals surface area contributed by atoms with Crippen molar-refractivity contribution >= 4 is 34.8 Å². The lowest BCUT2D eigenvalue weighted by molar-refractivity contribution is 1.36. The molecule has 0 bridgehead atoms. The number of benzene rings is 1. The first-order chi connectivity index (χ1) is 6.63. The third-order valence-electron chi connectivity index (χ3n) is 1.62. The fourth-order valence-electron chi connectivity index (χ4n) is 1.03. The van der Waals surface area contributed by atoms with Gasteiger partial charge >= 0.3 is 0 Å². The minimum Gasteiger partial charge on any atom is -0.376 e. The SMILES string of the molecule is Cc1cc(SC#N)ccc1NC(N)=S. The maximum atomic E-state index is 8.48. The molecule has 0 saturated carbocycles. The van der Waals surface area contributed by atoms with E-state index in [0.717, 1.165) is 27.9 Å². The van der Waals surface area contributed by atoms with Gasteiger partial charge in [-0.25, -0.2) is 0 Å². The van der Waals surface area contributed by atoms with Gasteiger partial charge < -0.3 is 11.1 Å². The fraction of sp³-hybridized carbons (Fsp3) is 0.111. The van der Waals surface area contributed by atoms with Crippen LogP contribution in [-0.2, 0) is 0 Å². The molecule has 0 aliphatic heterocycles. The van der Waals surface area contributed by atoms with Crippen LogP contribution in [0.4, 0.5) is 5.69 Å². The van der Waals surface area contributed by atoms with Crippen molar-refractivity contribution in [2.75, 3.05) is 5.32 Å². The first-order valence-electron chi connectivity index (χ1n) is 3.86. The maximum absolute atomic E-state index is 8.48. The minimum atomic E-state index is 0.244. The number of rotatable bonds is 2. The van der Waals surface area contributed by atoms with Crippen molar-refractivity contribution < 1.29 is 0 Å². The number of nitrogens with two attached hydrogens (primary N) is 1. The highest BCUT2D eigenvalue weighted by Gasteiger charge is 2.00. The summed E-state index contributed by atoms with van der Waals surface area (Å²) in [7, 11) is 0. The smallest absolute Gasteiger partial charge is 0.168 e. The standard InChI is InChI=1S/C9H9N3S2/c1-6-4-7(14-5-10)2-3-8(6)12-9(11)13/h2-4H,1H3,(H3,11,12,13). The summed E-state index contributed by atoms with van der Waals surface area (Å²) >= 11 is 5.86. The van der Waals surface area contributed by atoms with Crippen molar-refractivity contribution in [2.45, 2.75) is 11.8 Å². The average Bonchev–Trinajstić information content (AvgIpc) is 2.10.